The van der Waals surface area contributed by atoms with Gasteiger partial charge < -0.3 is 10.1 Å². The molecule has 0 aromatic carbocycles. The van der Waals surface area contributed by atoms with Crippen molar-refractivity contribution in [1.29, 1.82) is 0 Å². The van der Waals surface area contributed by atoms with Crippen LogP contribution < -0.4 is 5.32 Å². The summed E-state index contributed by atoms with van der Waals surface area (Å²) in [5, 5.41) is 2.21. The molecule has 0 saturated heterocycles. The fourth-order valence-corrected chi connectivity index (χ4v) is 0.885. The molecule has 1 N–H and O–H groups in total. The smallest absolute Gasteiger partial charge is 0.395 e. The molecule has 1 atom stereocenters. The Balaban J connectivity index is 3.96. The van der Waals surface area contributed by atoms with E-state index >= 15 is 0 Å². The van der Waals surface area contributed by atoms with Gasteiger partial charge in [-0.2, -0.15) is 0 Å². The summed E-state index contributed by atoms with van der Waals surface area (Å²) in [6, 6.07) is 0. The maximum absolute atomic E-state index is 11.3. The Kier molecular flexibility index (Phi) is 7.90. The Hall–Kier alpha value is -2.12. The molecule has 0 aromatic rings. The van der Waals surface area contributed by atoms with E-state index in [1.165, 1.54) is 13.8 Å². The van der Waals surface area contributed by atoms with Gasteiger partial charge in [0, 0.05) is 13.3 Å². The normalized spacial score (nSPS) is 11.1. The van der Waals surface area contributed by atoms with Gasteiger partial charge in [0.25, 0.3) is 0 Å². The molecule has 0 heterocycles. The van der Waals surface area contributed by atoms with Gasteiger partial charge in [-0.05, 0) is 13.3 Å². The van der Waals surface area contributed by atoms with Crippen molar-refractivity contribution >= 4 is 23.8 Å². The average Bonchev–Trinajstić information content (AvgIpc) is 2.33. The van der Waals surface area contributed by atoms with Gasteiger partial charge in [-0.15, -0.1) is 0 Å². The second-order valence-corrected chi connectivity index (χ2v) is 3.65. The van der Waals surface area contributed by atoms with Crippen molar-refractivity contribution in [3.63, 3.8) is 0 Å². The second-order valence-electron chi connectivity index (χ2n) is 3.65. The standard InChI is InChI=1S/C11H17NO7/c1-4-5-9(14)18-19-11(16)7(2)17-10(15)6-12-8(3)13/h7H,4-6H2,1-3H3,(H,12,13). The molecule has 19 heavy (non-hydrogen) atoms. The van der Waals surface area contributed by atoms with Gasteiger partial charge in [0.05, 0.1) is 0 Å². The highest BCUT2D eigenvalue weighted by atomic mass is 17.2. The van der Waals surface area contributed by atoms with Crippen LogP contribution in [0.15, 0.2) is 0 Å². The second kappa shape index (κ2) is 8.90. The van der Waals surface area contributed by atoms with Gasteiger partial charge >= 0.3 is 17.9 Å². The quantitative estimate of drug-likeness (QED) is 0.408. The number of nitrogens with one attached hydrogen (secondary N) is 1. The largest absolute Gasteiger partial charge is 0.449 e. The zero-order valence-electron chi connectivity index (χ0n) is 11.1. The highest BCUT2D eigenvalue weighted by molar-refractivity contribution is 5.83. The fraction of sp³-hybridized carbons (Fsp3) is 0.636. The molecular weight excluding hydrogens is 258 g/mol. The maximum atomic E-state index is 11.3. The van der Waals surface area contributed by atoms with E-state index in [4.69, 9.17) is 0 Å². The summed E-state index contributed by atoms with van der Waals surface area (Å²) in [6.45, 7) is 3.89. The highest BCUT2D eigenvalue weighted by Gasteiger charge is 2.21. The van der Waals surface area contributed by atoms with Crippen LogP contribution in [-0.4, -0.2) is 36.5 Å². The van der Waals surface area contributed by atoms with Crippen molar-refractivity contribution in [3.05, 3.63) is 0 Å². The summed E-state index contributed by atoms with van der Waals surface area (Å²) in [5.74, 6) is -2.91. The van der Waals surface area contributed by atoms with Crippen LogP contribution in [0, 0.1) is 0 Å². The molecule has 0 bridgehead atoms. The lowest BCUT2D eigenvalue weighted by Crippen LogP contribution is -2.33. The van der Waals surface area contributed by atoms with E-state index in [0.717, 1.165) is 0 Å². The molecule has 8 nitrogen and oxygen atoms in total. The minimum absolute atomic E-state index is 0.115. The minimum atomic E-state index is -1.24. The molecule has 0 aliphatic carbocycles. The van der Waals surface area contributed by atoms with E-state index in [9.17, 15) is 19.2 Å². The van der Waals surface area contributed by atoms with Gasteiger partial charge in [0.2, 0.25) is 12.0 Å². The van der Waals surface area contributed by atoms with Gasteiger partial charge in [-0.3, -0.25) is 9.59 Å². The van der Waals surface area contributed by atoms with Crippen LogP contribution in [0.1, 0.15) is 33.6 Å². The number of carbonyl (C=O) groups excluding carboxylic acids is 4. The zero-order chi connectivity index (χ0) is 14.8. The molecule has 0 aliphatic heterocycles. The summed E-state index contributed by atoms with van der Waals surface area (Å²) in [4.78, 5) is 52.3. The van der Waals surface area contributed by atoms with E-state index in [0.29, 0.717) is 6.42 Å². The fourth-order valence-electron chi connectivity index (χ4n) is 0.885. The molecule has 8 heteroatoms. The number of hydrogen-bond acceptors (Lipinski definition) is 7. The van der Waals surface area contributed by atoms with Crippen molar-refractivity contribution < 1.29 is 33.7 Å². The van der Waals surface area contributed by atoms with Gasteiger partial charge in [-0.25, -0.2) is 19.4 Å². The lowest BCUT2D eigenvalue weighted by Gasteiger charge is -2.11. The minimum Gasteiger partial charge on any atom is -0.449 e. The lowest BCUT2D eigenvalue weighted by molar-refractivity contribution is -0.264. The molecule has 0 rings (SSSR count). The summed E-state index contributed by atoms with van der Waals surface area (Å²) in [5.41, 5.74) is 0. The first kappa shape index (κ1) is 16.9. The monoisotopic (exact) mass is 275 g/mol. The van der Waals surface area contributed by atoms with Crippen LogP contribution in [0.5, 0.6) is 0 Å². The highest BCUT2D eigenvalue weighted by Crippen LogP contribution is 1.98. The Labute approximate surface area is 110 Å². The predicted octanol–water partition coefficient (Wildman–Crippen LogP) is -0.144. The van der Waals surface area contributed by atoms with Crippen LogP contribution >= 0.6 is 0 Å². The molecule has 108 valence electrons. The van der Waals surface area contributed by atoms with E-state index in [-0.39, 0.29) is 13.0 Å². The van der Waals surface area contributed by atoms with E-state index < -0.39 is 29.9 Å². The Morgan fingerprint density at radius 3 is 2.26 bits per heavy atom. The lowest BCUT2D eigenvalue weighted by atomic mass is 10.3. The van der Waals surface area contributed by atoms with Gasteiger partial charge in [0.15, 0.2) is 0 Å². The van der Waals surface area contributed by atoms with Crippen molar-refractivity contribution in [2.24, 2.45) is 0 Å². The Bertz CT molecular complexity index is 353. The van der Waals surface area contributed by atoms with E-state index in [1.807, 2.05) is 0 Å². The molecule has 1 unspecified atom stereocenters. The molecular formula is C11H17NO7. The number of amides is 1. The Morgan fingerprint density at radius 2 is 1.74 bits per heavy atom. The Morgan fingerprint density at radius 1 is 1.11 bits per heavy atom. The van der Waals surface area contributed by atoms with E-state index in [1.54, 1.807) is 6.92 Å². The van der Waals surface area contributed by atoms with Crippen LogP contribution in [0.3, 0.4) is 0 Å². The topological polar surface area (TPSA) is 108 Å². The number of esters is 1. The summed E-state index contributed by atoms with van der Waals surface area (Å²) < 4.78 is 4.64. The van der Waals surface area contributed by atoms with Gasteiger partial charge in [0.1, 0.15) is 6.54 Å². The predicted molar refractivity (Wildman–Crippen MR) is 61.3 cm³/mol. The number of carbonyl (C=O) groups is 4. The molecule has 0 saturated carbocycles. The van der Waals surface area contributed by atoms with Gasteiger partial charge in [-0.1, -0.05) is 6.92 Å². The molecule has 0 fully saturated rings. The summed E-state index contributed by atoms with van der Waals surface area (Å²) in [7, 11) is 0. The van der Waals surface area contributed by atoms with Crippen molar-refractivity contribution in [2.75, 3.05) is 6.54 Å². The first-order chi connectivity index (χ1) is 8.86. The molecule has 0 aliphatic rings. The van der Waals surface area contributed by atoms with E-state index in [2.05, 4.69) is 19.8 Å². The summed E-state index contributed by atoms with van der Waals surface area (Å²) in [6.07, 6.45) is -0.572. The third-order valence-corrected chi connectivity index (χ3v) is 1.79. The molecule has 0 aromatic heterocycles. The summed E-state index contributed by atoms with van der Waals surface area (Å²) >= 11 is 0. The first-order valence-corrected chi connectivity index (χ1v) is 5.72. The number of ether oxygens (including phenoxy) is 1. The van der Waals surface area contributed by atoms with Crippen LogP contribution in [0.4, 0.5) is 0 Å². The third-order valence-electron chi connectivity index (χ3n) is 1.79. The van der Waals surface area contributed by atoms with Crippen LogP contribution in [-0.2, 0) is 33.7 Å². The average molecular weight is 275 g/mol. The third kappa shape index (κ3) is 8.58. The van der Waals surface area contributed by atoms with Crippen LogP contribution in [0.25, 0.3) is 0 Å². The van der Waals surface area contributed by atoms with Crippen molar-refractivity contribution in [3.8, 4) is 0 Å². The number of hydrogen-bond donors (Lipinski definition) is 1. The number of rotatable bonds is 6. The van der Waals surface area contributed by atoms with Crippen LogP contribution in [0.2, 0.25) is 0 Å². The van der Waals surface area contributed by atoms with Crippen molar-refractivity contribution in [2.45, 2.75) is 39.7 Å². The van der Waals surface area contributed by atoms with Crippen molar-refractivity contribution in [1.82, 2.24) is 5.32 Å². The molecule has 1 amide bonds. The first-order valence-electron chi connectivity index (χ1n) is 5.72. The SMILES string of the molecule is CCCC(=O)OOC(=O)C(C)OC(=O)CNC(C)=O. The maximum Gasteiger partial charge on any atom is 0.395 e. The molecule has 0 radical (unpaired) electrons. The molecule has 0 spiro atoms. The zero-order valence-corrected chi connectivity index (χ0v) is 11.1.